The number of carbonyl (C=O) groups excluding carboxylic acids is 1. The molecule has 2 aromatic rings. The summed E-state index contributed by atoms with van der Waals surface area (Å²) in [6.45, 7) is 11.0. The summed E-state index contributed by atoms with van der Waals surface area (Å²) in [4.78, 5) is 13.6. The van der Waals surface area contributed by atoms with Gasteiger partial charge in [-0.1, -0.05) is 96.5 Å². The number of hydrogen-bond donors (Lipinski definition) is 1. The minimum Gasteiger partial charge on any atom is -0.346 e. The summed E-state index contributed by atoms with van der Waals surface area (Å²) in [7, 11) is -3.44. The van der Waals surface area contributed by atoms with E-state index in [1.807, 2.05) is 77.9 Å². The lowest BCUT2D eigenvalue weighted by molar-refractivity contribution is -0.141. The first-order valence-corrected chi connectivity index (χ1v) is 15.1. The van der Waals surface area contributed by atoms with E-state index in [1.165, 1.54) is 0 Å². The molecule has 0 spiro atoms. The second-order valence-electron chi connectivity index (χ2n) is 12.8. The van der Waals surface area contributed by atoms with Gasteiger partial charge >= 0.3 is 13.8 Å². The molecule has 0 saturated carbocycles. The lowest BCUT2D eigenvalue weighted by Crippen LogP contribution is -2.47. The normalized spacial score (nSPS) is 15.1. The maximum absolute atomic E-state index is 13.7. The Bertz CT molecular complexity index is 1130. The Labute approximate surface area is 230 Å². The van der Waals surface area contributed by atoms with Crippen LogP contribution in [0, 0.1) is 10.8 Å². The van der Waals surface area contributed by atoms with Gasteiger partial charge in [-0.05, 0) is 45.9 Å². The first-order chi connectivity index (χ1) is 18.0. The molecule has 0 unspecified atom stereocenters. The Morgan fingerprint density at radius 1 is 0.821 bits per heavy atom. The number of halogens is 3. The summed E-state index contributed by atoms with van der Waals surface area (Å²) in [5.41, 5.74) is 1.33. The summed E-state index contributed by atoms with van der Waals surface area (Å²) in [6.07, 6.45) is -3.27. The molecule has 0 fully saturated rings. The fourth-order valence-electron chi connectivity index (χ4n) is 4.73. The summed E-state index contributed by atoms with van der Waals surface area (Å²) in [5.74, 6) is -0.687. The van der Waals surface area contributed by atoms with Gasteiger partial charge in [0.1, 0.15) is 12.0 Å². The van der Waals surface area contributed by atoms with Gasteiger partial charge in [0.2, 0.25) is 5.91 Å². The van der Waals surface area contributed by atoms with Gasteiger partial charge in [0.25, 0.3) is 0 Å². The minimum atomic E-state index is -4.53. The van der Waals surface area contributed by atoms with Crippen molar-refractivity contribution in [2.45, 2.75) is 72.4 Å². The zero-order valence-corrected chi connectivity index (χ0v) is 24.7. The van der Waals surface area contributed by atoms with Gasteiger partial charge < -0.3 is 14.4 Å². The monoisotopic (exact) mass is 567 g/mol. The van der Waals surface area contributed by atoms with Crippen molar-refractivity contribution >= 4 is 13.5 Å². The molecule has 0 radical (unpaired) electrons. The lowest BCUT2D eigenvalue weighted by Gasteiger charge is -2.31. The van der Waals surface area contributed by atoms with Crippen LogP contribution in [0.1, 0.15) is 71.9 Å². The van der Waals surface area contributed by atoms with Gasteiger partial charge in [-0.2, -0.15) is 13.2 Å². The first kappa shape index (κ1) is 31.4. The number of fused-ring (bicyclic) bond motifs is 3. The molecule has 1 aliphatic rings. The average Bonchev–Trinajstić information content (AvgIpc) is 3.13. The SMILES string of the molecule is CC(C)(C)COP(=O)(CCCCC1(C(=O)NCC(F)(F)F)c2ccccc2-c2ccccc21)OCC(C)(C)C. The Balaban J connectivity index is 1.86. The maximum Gasteiger partial charge on any atom is 0.405 e. The molecule has 1 aliphatic carbocycles. The molecule has 0 saturated heterocycles. The standard InChI is InChI=1S/C30H41F3NO4P/c1-27(2,3)20-37-39(36,38-21-28(4,5)6)18-12-11-17-29(26(35)34-19-30(31,32)33)24-15-9-7-13-22(24)23-14-8-10-16-25(23)29/h7-10,13-16H,11-12,17-21H2,1-6H3,(H,34,35). The first-order valence-electron chi connectivity index (χ1n) is 13.4. The lowest BCUT2D eigenvalue weighted by atomic mass is 9.73. The largest absolute Gasteiger partial charge is 0.405 e. The van der Waals surface area contributed by atoms with Crippen molar-refractivity contribution in [3.63, 3.8) is 0 Å². The van der Waals surface area contributed by atoms with Crippen molar-refractivity contribution in [3.05, 3.63) is 59.7 Å². The van der Waals surface area contributed by atoms with Gasteiger partial charge in [0.05, 0.1) is 19.4 Å². The van der Waals surface area contributed by atoms with Crippen LogP contribution in [0.25, 0.3) is 11.1 Å². The Hall–Kier alpha value is -2.15. The summed E-state index contributed by atoms with van der Waals surface area (Å²) >= 11 is 0. The molecule has 1 N–H and O–H groups in total. The van der Waals surface area contributed by atoms with Crippen molar-refractivity contribution in [3.8, 4) is 11.1 Å². The highest BCUT2D eigenvalue weighted by atomic mass is 31.2. The molecule has 5 nitrogen and oxygen atoms in total. The number of benzene rings is 2. The quantitative estimate of drug-likeness (QED) is 0.220. The van der Waals surface area contributed by atoms with Crippen molar-refractivity contribution < 1.29 is 31.6 Å². The molecule has 0 heterocycles. The molecule has 216 valence electrons. The number of hydrogen-bond acceptors (Lipinski definition) is 4. The second kappa shape index (κ2) is 11.8. The van der Waals surface area contributed by atoms with E-state index < -0.39 is 31.6 Å². The number of unbranched alkanes of at least 4 members (excludes halogenated alkanes) is 1. The molecule has 0 aromatic heterocycles. The van der Waals surface area contributed by atoms with Crippen molar-refractivity contribution in [1.29, 1.82) is 0 Å². The molecular formula is C30H41F3NO4P. The van der Waals surface area contributed by atoms with Crippen LogP contribution in [0.5, 0.6) is 0 Å². The van der Waals surface area contributed by atoms with E-state index in [2.05, 4.69) is 5.32 Å². The molecule has 9 heteroatoms. The fraction of sp³-hybridized carbons (Fsp3) is 0.567. The molecule has 39 heavy (non-hydrogen) atoms. The summed E-state index contributed by atoms with van der Waals surface area (Å²) < 4.78 is 64.7. The topological polar surface area (TPSA) is 64.6 Å². The van der Waals surface area contributed by atoms with E-state index in [0.717, 1.165) is 11.1 Å². The number of amides is 1. The van der Waals surface area contributed by atoms with Crippen LogP contribution in [0.3, 0.4) is 0 Å². The van der Waals surface area contributed by atoms with Gasteiger partial charge in [-0.3, -0.25) is 9.36 Å². The van der Waals surface area contributed by atoms with E-state index in [1.54, 1.807) is 12.1 Å². The van der Waals surface area contributed by atoms with E-state index in [0.29, 0.717) is 24.0 Å². The minimum absolute atomic E-state index is 0.155. The third-order valence-corrected chi connectivity index (χ3v) is 8.43. The summed E-state index contributed by atoms with van der Waals surface area (Å²) in [5, 5.41) is 2.15. The van der Waals surface area contributed by atoms with Crippen LogP contribution in [-0.2, 0) is 23.8 Å². The van der Waals surface area contributed by atoms with Crippen LogP contribution in [0.4, 0.5) is 13.2 Å². The third kappa shape index (κ3) is 8.18. The molecule has 3 rings (SSSR count). The highest BCUT2D eigenvalue weighted by Gasteiger charge is 2.49. The van der Waals surface area contributed by atoms with E-state index >= 15 is 0 Å². The zero-order chi connectivity index (χ0) is 29.1. The van der Waals surface area contributed by atoms with Crippen LogP contribution < -0.4 is 5.32 Å². The van der Waals surface area contributed by atoms with Crippen LogP contribution >= 0.6 is 7.60 Å². The Morgan fingerprint density at radius 3 is 1.72 bits per heavy atom. The van der Waals surface area contributed by atoms with Gasteiger partial charge in [-0.25, -0.2) is 0 Å². The Kier molecular flexibility index (Phi) is 9.46. The maximum atomic E-state index is 13.7. The van der Waals surface area contributed by atoms with Crippen LogP contribution in [0.15, 0.2) is 48.5 Å². The molecule has 0 atom stereocenters. The van der Waals surface area contributed by atoms with Gasteiger partial charge in [0, 0.05) is 0 Å². The van der Waals surface area contributed by atoms with E-state index in [-0.39, 0.29) is 36.6 Å². The zero-order valence-electron chi connectivity index (χ0n) is 23.8. The number of rotatable bonds is 11. The number of carbonyl (C=O) groups is 1. The van der Waals surface area contributed by atoms with Crippen molar-refractivity contribution in [2.24, 2.45) is 10.8 Å². The highest BCUT2D eigenvalue weighted by Crippen LogP contribution is 2.54. The second-order valence-corrected chi connectivity index (χ2v) is 14.9. The molecule has 0 bridgehead atoms. The molecular weight excluding hydrogens is 526 g/mol. The highest BCUT2D eigenvalue weighted by molar-refractivity contribution is 7.53. The van der Waals surface area contributed by atoms with Crippen molar-refractivity contribution in [1.82, 2.24) is 5.32 Å². The number of nitrogens with one attached hydrogen (secondary N) is 1. The molecule has 1 amide bonds. The molecule has 2 aromatic carbocycles. The van der Waals surface area contributed by atoms with E-state index in [4.69, 9.17) is 9.05 Å². The fourth-order valence-corrected chi connectivity index (χ4v) is 6.84. The van der Waals surface area contributed by atoms with Crippen LogP contribution in [0.2, 0.25) is 0 Å². The average molecular weight is 568 g/mol. The smallest absolute Gasteiger partial charge is 0.346 e. The third-order valence-electron chi connectivity index (χ3n) is 6.52. The summed E-state index contributed by atoms with van der Waals surface area (Å²) in [6, 6.07) is 14.7. The van der Waals surface area contributed by atoms with Crippen molar-refractivity contribution in [2.75, 3.05) is 25.9 Å². The van der Waals surface area contributed by atoms with E-state index in [9.17, 15) is 22.5 Å². The predicted molar refractivity (Wildman–Crippen MR) is 149 cm³/mol. The Morgan fingerprint density at radius 2 is 1.28 bits per heavy atom. The number of alkyl halides is 3. The molecule has 0 aliphatic heterocycles. The predicted octanol–water partition coefficient (Wildman–Crippen LogP) is 8.12. The van der Waals surface area contributed by atoms with Gasteiger partial charge in [-0.15, -0.1) is 0 Å². The van der Waals surface area contributed by atoms with Gasteiger partial charge in [0.15, 0.2) is 0 Å². The van der Waals surface area contributed by atoms with Crippen LogP contribution in [-0.4, -0.2) is 38.0 Å².